The van der Waals surface area contributed by atoms with Crippen LogP contribution in [0.5, 0.6) is 0 Å². The maximum Gasteiger partial charge on any atom is 0.106 e. The average molecular weight is 319 g/mol. The lowest BCUT2D eigenvalue weighted by molar-refractivity contribution is 0.0451. The number of nitrogens with zero attached hydrogens (tertiary/aromatic N) is 3. The standard InChI is InChI=1S/C19H34N4/c1-4-18-14-22(9-10-23(18)15(2)3)13-17-12-20-19(21-17)11-16-7-5-6-8-16/h12,15-16,18H,4-11,13-14H2,1-3H3,(H,20,21). The van der Waals surface area contributed by atoms with Crippen LogP contribution in [0.25, 0.3) is 0 Å². The third-order valence-corrected chi connectivity index (χ3v) is 5.78. The molecule has 1 aromatic heterocycles. The molecule has 1 aromatic rings. The second-order valence-corrected chi connectivity index (χ2v) is 7.84. The van der Waals surface area contributed by atoms with Crippen molar-refractivity contribution in [3.63, 3.8) is 0 Å². The monoisotopic (exact) mass is 318 g/mol. The van der Waals surface area contributed by atoms with Crippen molar-refractivity contribution in [3.8, 4) is 0 Å². The van der Waals surface area contributed by atoms with Gasteiger partial charge in [-0.2, -0.15) is 0 Å². The minimum Gasteiger partial charge on any atom is -0.345 e. The minimum absolute atomic E-state index is 0.660. The molecule has 2 aliphatic rings. The molecule has 1 aliphatic heterocycles. The van der Waals surface area contributed by atoms with Gasteiger partial charge in [-0.15, -0.1) is 0 Å². The summed E-state index contributed by atoms with van der Waals surface area (Å²) in [4.78, 5) is 13.5. The molecule has 0 radical (unpaired) electrons. The number of rotatable bonds is 6. The molecule has 1 unspecified atom stereocenters. The molecule has 2 fully saturated rings. The van der Waals surface area contributed by atoms with Crippen LogP contribution in [-0.4, -0.2) is 51.5 Å². The Bertz CT molecular complexity index is 475. The Labute approximate surface area is 141 Å². The molecule has 130 valence electrons. The van der Waals surface area contributed by atoms with Crippen LogP contribution in [0, 0.1) is 5.92 Å². The Morgan fingerprint density at radius 1 is 1.26 bits per heavy atom. The Morgan fingerprint density at radius 3 is 2.74 bits per heavy atom. The molecule has 3 rings (SSSR count). The van der Waals surface area contributed by atoms with E-state index < -0.39 is 0 Å². The van der Waals surface area contributed by atoms with Crippen molar-refractivity contribution in [1.82, 2.24) is 19.8 Å². The lowest BCUT2D eigenvalue weighted by Gasteiger charge is -2.43. The lowest BCUT2D eigenvalue weighted by Crippen LogP contribution is -2.54. The number of nitrogens with one attached hydrogen (secondary N) is 1. The van der Waals surface area contributed by atoms with E-state index in [4.69, 9.17) is 0 Å². The molecule has 1 N–H and O–H groups in total. The molecule has 4 nitrogen and oxygen atoms in total. The van der Waals surface area contributed by atoms with Gasteiger partial charge in [-0.3, -0.25) is 9.80 Å². The predicted octanol–water partition coefficient (Wildman–Crippen LogP) is 3.45. The minimum atomic E-state index is 0.660. The molecule has 2 heterocycles. The van der Waals surface area contributed by atoms with E-state index in [1.807, 2.05) is 0 Å². The van der Waals surface area contributed by atoms with Crippen molar-refractivity contribution >= 4 is 0 Å². The van der Waals surface area contributed by atoms with Crippen LogP contribution >= 0.6 is 0 Å². The largest absolute Gasteiger partial charge is 0.345 e. The predicted molar refractivity (Wildman–Crippen MR) is 95.4 cm³/mol. The fraction of sp³-hybridized carbons (Fsp3) is 0.842. The molecule has 4 heteroatoms. The molecular weight excluding hydrogens is 284 g/mol. The second kappa shape index (κ2) is 7.80. The van der Waals surface area contributed by atoms with Gasteiger partial charge in [-0.25, -0.2) is 4.98 Å². The van der Waals surface area contributed by atoms with Crippen molar-refractivity contribution in [2.24, 2.45) is 5.92 Å². The topological polar surface area (TPSA) is 35.2 Å². The first-order chi connectivity index (χ1) is 11.2. The van der Waals surface area contributed by atoms with Gasteiger partial charge in [0.15, 0.2) is 0 Å². The highest BCUT2D eigenvalue weighted by Crippen LogP contribution is 2.27. The van der Waals surface area contributed by atoms with E-state index in [-0.39, 0.29) is 0 Å². The second-order valence-electron chi connectivity index (χ2n) is 7.84. The maximum atomic E-state index is 4.63. The van der Waals surface area contributed by atoms with Gasteiger partial charge in [0, 0.05) is 56.6 Å². The number of piperazine rings is 1. The van der Waals surface area contributed by atoms with Gasteiger partial charge in [-0.05, 0) is 26.2 Å². The summed E-state index contributed by atoms with van der Waals surface area (Å²) >= 11 is 0. The summed E-state index contributed by atoms with van der Waals surface area (Å²) in [6.07, 6.45) is 10.1. The van der Waals surface area contributed by atoms with Crippen molar-refractivity contribution in [3.05, 3.63) is 17.7 Å². The van der Waals surface area contributed by atoms with E-state index in [0.29, 0.717) is 12.1 Å². The zero-order valence-electron chi connectivity index (χ0n) is 15.2. The Hall–Kier alpha value is -0.870. The van der Waals surface area contributed by atoms with Gasteiger partial charge in [0.2, 0.25) is 0 Å². The SMILES string of the molecule is CCC1CN(Cc2cnc(CC3CCCC3)[nH]2)CCN1C(C)C. The summed E-state index contributed by atoms with van der Waals surface area (Å²) in [6.45, 7) is 11.5. The fourth-order valence-electron chi connectivity index (χ4n) is 4.44. The van der Waals surface area contributed by atoms with Gasteiger partial charge < -0.3 is 4.98 Å². The van der Waals surface area contributed by atoms with E-state index in [1.54, 1.807) is 0 Å². The lowest BCUT2D eigenvalue weighted by atomic mass is 10.0. The zero-order chi connectivity index (χ0) is 16.2. The Kier molecular flexibility index (Phi) is 5.76. The van der Waals surface area contributed by atoms with Crippen LogP contribution in [0.3, 0.4) is 0 Å². The summed E-state index contributed by atoms with van der Waals surface area (Å²) < 4.78 is 0. The van der Waals surface area contributed by atoms with Crippen molar-refractivity contribution in [2.75, 3.05) is 19.6 Å². The van der Waals surface area contributed by atoms with Gasteiger partial charge >= 0.3 is 0 Å². The zero-order valence-corrected chi connectivity index (χ0v) is 15.2. The smallest absolute Gasteiger partial charge is 0.106 e. The van der Waals surface area contributed by atoms with Crippen molar-refractivity contribution < 1.29 is 0 Å². The first-order valence-electron chi connectivity index (χ1n) is 9.66. The van der Waals surface area contributed by atoms with E-state index in [1.165, 1.54) is 63.3 Å². The average Bonchev–Trinajstić information content (AvgIpc) is 3.19. The molecule has 0 bridgehead atoms. The summed E-state index contributed by atoms with van der Waals surface area (Å²) in [5, 5.41) is 0. The third-order valence-electron chi connectivity index (χ3n) is 5.78. The normalized spacial score (nSPS) is 24.8. The summed E-state index contributed by atoms with van der Waals surface area (Å²) in [6, 6.07) is 1.36. The van der Waals surface area contributed by atoms with Crippen LogP contribution in [0.15, 0.2) is 6.20 Å². The highest BCUT2D eigenvalue weighted by molar-refractivity contribution is 5.03. The van der Waals surface area contributed by atoms with Gasteiger partial charge in [0.05, 0.1) is 0 Å². The third kappa shape index (κ3) is 4.36. The molecule has 1 saturated carbocycles. The van der Waals surface area contributed by atoms with Crippen LogP contribution < -0.4 is 0 Å². The van der Waals surface area contributed by atoms with Gasteiger partial charge in [0.1, 0.15) is 5.82 Å². The molecule has 1 aliphatic carbocycles. The Balaban J connectivity index is 1.52. The van der Waals surface area contributed by atoms with E-state index in [9.17, 15) is 0 Å². The summed E-state index contributed by atoms with van der Waals surface area (Å²) in [7, 11) is 0. The molecule has 23 heavy (non-hydrogen) atoms. The van der Waals surface area contributed by atoms with Crippen LogP contribution in [0.4, 0.5) is 0 Å². The number of hydrogen-bond acceptors (Lipinski definition) is 3. The molecule has 0 amide bonds. The molecule has 0 aromatic carbocycles. The molecular formula is C19H34N4. The maximum absolute atomic E-state index is 4.63. The van der Waals surface area contributed by atoms with Crippen LogP contribution in [-0.2, 0) is 13.0 Å². The van der Waals surface area contributed by atoms with Crippen molar-refractivity contribution in [2.45, 2.75) is 77.9 Å². The van der Waals surface area contributed by atoms with E-state index in [0.717, 1.165) is 18.9 Å². The number of imidazole rings is 1. The summed E-state index contributed by atoms with van der Waals surface area (Å²) in [5.41, 5.74) is 1.30. The van der Waals surface area contributed by atoms with Gasteiger partial charge in [0.25, 0.3) is 0 Å². The Morgan fingerprint density at radius 2 is 2.04 bits per heavy atom. The number of H-pyrrole nitrogens is 1. The van der Waals surface area contributed by atoms with Crippen LogP contribution in [0.2, 0.25) is 0 Å². The molecule has 1 atom stereocenters. The number of aromatic nitrogens is 2. The van der Waals surface area contributed by atoms with Crippen LogP contribution in [0.1, 0.15) is 64.4 Å². The quantitative estimate of drug-likeness (QED) is 0.872. The van der Waals surface area contributed by atoms with E-state index >= 15 is 0 Å². The molecule has 0 spiro atoms. The number of aromatic amines is 1. The fourth-order valence-corrected chi connectivity index (χ4v) is 4.44. The highest BCUT2D eigenvalue weighted by atomic mass is 15.3. The first-order valence-corrected chi connectivity index (χ1v) is 9.66. The van der Waals surface area contributed by atoms with Crippen molar-refractivity contribution in [1.29, 1.82) is 0 Å². The van der Waals surface area contributed by atoms with E-state index in [2.05, 4.69) is 46.7 Å². The first kappa shape index (κ1) is 17.0. The summed E-state index contributed by atoms with van der Waals surface area (Å²) in [5.74, 6) is 2.08. The van der Waals surface area contributed by atoms with Gasteiger partial charge in [-0.1, -0.05) is 32.6 Å². The number of hydrogen-bond donors (Lipinski definition) is 1. The molecule has 1 saturated heterocycles. The highest BCUT2D eigenvalue weighted by Gasteiger charge is 2.27.